The van der Waals surface area contributed by atoms with Crippen LogP contribution in [0.25, 0.3) is 0 Å². The van der Waals surface area contributed by atoms with Crippen LogP contribution in [-0.4, -0.2) is 49.0 Å². The van der Waals surface area contributed by atoms with Crippen molar-refractivity contribution in [2.45, 2.75) is 13.5 Å². The fourth-order valence-electron chi connectivity index (χ4n) is 2.36. The van der Waals surface area contributed by atoms with Gasteiger partial charge in [-0.3, -0.25) is 9.69 Å². The van der Waals surface area contributed by atoms with E-state index < -0.39 is 0 Å². The molecule has 1 heterocycles. The summed E-state index contributed by atoms with van der Waals surface area (Å²) in [6.45, 7) is 5.92. The molecule has 0 aromatic heterocycles. The number of benzene rings is 1. The summed E-state index contributed by atoms with van der Waals surface area (Å²) in [7, 11) is 1.62. The number of amides is 1. The minimum absolute atomic E-state index is 0.161. The minimum atomic E-state index is 0.161. The topological polar surface area (TPSA) is 58.8 Å². The molecule has 5 heteroatoms. The number of nitrogen functional groups attached to an aromatic ring is 1. The Labute approximate surface area is 113 Å². The van der Waals surface area contributed by atoms with Crippen LogP contribution in [0.2, 0.25) is 0 Å². The van der Waals surface area contributed by atoms with Gasteiger partial charge in [0.25, 0.3) is 0 Å². The zero-order valence-electron chi connectivity index (χ0n) is 11.6. The molecule has 1 aliphatic heterocycles. The van der Waals surface area contributed by atoms with Gasteiger partial charge in [0, 0.05) is 39.6 Å². The number of nitrogens with two attached hydrogens (primary N) is 1. The molecule has 1 aliphatic rings. The van der Waals surface area contributed by atoms with Crippen LogP contribution in [0.5, 0.6) is 5.75 Å². The Morgan fingerprint density at radius 1 is 1.32 bits per heavy atom. The molecule has 0 atom stereocenters. The van der Waals surface area contributed by atoms with Crippen LogP contribution in [-0.2, 0) is 11.3 Å². The van der Waals surface area contributed by atoms with Crippen LogP contribution in [0, 0.1) is 0 Å². The first-order chi connectivity index (χ1) is 9.10. The number of hydrogen-bond donors (Lipinski definition) is 1. The van der Waals surface area contributed by atoms with Crippen LogP contribution >= 0.6 is 0 Å². The molecular weight excluding hydrogens is 242 g/mol. The molecular formula is C14H21N3O2. The van der Waals surface area contributed by atoms with E-state index in [9.17, 15) is 4.79 Å². The van der Waals surface area contributed by atoms with Gasteiger partial charge in [-0.1, -0.05) is 6.07 Å². The molecule has 0 aliphatic carbocycles. The largest absolute Gasteiger partial charge is 0.495 e. The number of carbonyl (C=O) groups excluding carboxylic acids is 1. The van der Waals surface area contributed by atoms with E-state index in [2.05, 4.69) is 4.90 Å². The van der Waals surface area contributed by atoms with Crippen LogP contribution in [0.15, 0.2) is 18.2 Å². The van der Waals surface area contributed by atoms with Crippen LogP contribution < -0.4 is 10.5 Å². The molecule has 0 saturated carbocycles. The molecule has 0 radical (unpaired) electrons. The summed E-state index contributed by atoms with van der Waals surface area (Å²) in [6.07, 6.45) is 0. The first-order valence-electron chi connectivity index (χ1n) is 6.50. The first-order valence-corrected chi connectivity index (χ1v) is 6.50. The molecule has 1 aromatic carbocycles. The third-order valence-corrected chi connectivity index (χ3v) is 3.52. The highest BCUT2D eigenvalue weighted by atomic mass is 16.5. The second-order valence-electron chi connectivity index (χ2n) is 4.86. The summed E-state index contributed by atoms with van der Waals surface area (Å²) in [6, 6.07) is 5.89. The number of piperazine rings is 1. The summed E-state index contributed by atoms with van der Waals surface area (Å²) < 4.78 is 5.15. The highest BCUT2D eigenvalue weighted by Gasteiger charge is 2.18. The fourth-order valence-corrected chi connectivity index (χ4v) is 2.36. The Bertz CT molecular complexity index is 454. The summed E-state index contributed by atoms with van der Waals surface area (Å²) >= 11 is 0. The lowest BCUT2D eigenvalue weighted by Crippen LogP contribution is -2.47. The van der Waals surface area contributed by atoms with Crippen molar-refractivity contribution >= 4 is 11.6 Å². The van der Waals surface area contributed by atoms with Crippen LogP contribution in [0.3, 0.4) is 0 Å². The fraction of sp³-hybridized carbons (Fsp3) is 0.500. The maximum atomic E-state index is 11.3. The maximum absolute atomic E-state index is 11.3. The van der Waals surface area contributed by atoms with Gasteiger partial charge in [0.15, 0.2) is 0 Å². The van der Waals surface area contributed by atoms with Crippen molar-refractivity contribution in [1.82, 2.24) is 9.80 Å². The first kappa shape index (κ1) is 13.7. The molecule has 2 N–H and O–H groups in total. The normalized spacial score (nSPS) is 16.4. The molecule has 2 rings (SSSR count). The van der Waals surface area contributed by atoms with Crippen molar-refractivity contribution in [1.29, 1.82) is 0 Å². The molecule has 1 amide bonds. The van der Waals surface area contributed by atoms with Gasteiger partial charge >= 0.3 is 0 Å². The Morgan fingerprint density at radius 2 is 2.00 bits per heavy atom. The Balaban J connectivity index is 1.92. The molecule has 1 aromatic rings. The van der Waals surface area contributed by atoms with Gasteiger partial charge in [-0.2, -0.15) is 0 Å². The highest BCUT2D eigenvalue weighted by Crippen LogP contribution is 2.22. The van der Waals surface area contributed by atoms with Gasteiger partial charge < -0.3 is 15.4 Å². The lowest BCUT2D eigenvalue weighted by atomic mass is 10.1. The Morgan fingerprint density at radius 3 is 2.53 bits per heavy atom. The Hall–Kier alpha value is -1.75. The molecule has 1 fully saturated rings. The van der Waals surface area contributed by atoms with Crippen molar-refractivity contribution in [2.24, 2.45) is 0 Å². The smallest absolute Gasteiger partial charge is 0.219 e. The van der Waals surface area contributed by atoms with E-state index in [0.29, 0.717) is 11.4 Å². The lowest BCUT2D eigenvalue weighted by molar-refractivity contribution is -0.130. The predicted molar refractivity (Wildman–Crippen MR) is 74.9 cm³/mol. The zero-order valence-corrected chi connectivity index (χ0v) is 11.6. The van der Waals surface area contributed by atoms with E-state index in [1.165, 1.54) is 5.56 Å². The average molecular weight is 263 g/mol. The standard InChI is InChI=1S/C14H21N3O2/c1-11(18)17-7-5-16(6-8-17)10-12-3-4-14(19-2)13(15)9-12/h3-4,9H,5-8,10,15H2,1-2H3. The van der Waals surface area contributed by atoms with E-state index in [1.807, 2.05) is 23.1 Å². The van der Waals surface area contributed by atoms with E-state index >= 15 is 0 Å². The van der Waals surface area contributed by atoms with Gasteiger partial charge in [-0.25, -0.2) is 0 Å². The van der Waals surface area contributed by atoms with E-state index in [4.69, 9.17) is 10.5 Å². The zero-order chi connectivity index (χ0) is 13.8. The third-order valence-electron chi connectivity index (χ3n) is 3.52. The summed E-state index contributed by atoms with van der Waals surface area (Å²) in [5.41, 5.74) is 7.75. The second-order valence-corrected chi connectivity index (χ2v) is 4.86. The van der Waals surface area contributed by atoms with Gasteiger partial charge in [0.2, 0.25) is 5.91 Å². The average Bonchev–Trinajstić information content (AvgIpc) is 2.39. The summed E-state index contributed by atoms with van der Waals surface area (Å²) in [5.74, 6) is 0.874. The summed E-state index contributed by atoms with van der Waals surface area (Å²) in [5, 5.41) is 0. The van der Waals surface area contributed by atoms with Gasteiger partial charge in [-0.15, -0.1) is 0 Å². The monoisotopic (exact) mass is 263 g/mol. The number of hydrogen-bond acceptors (Lipinski definition) is 4. The van der Waals surface area contributed by atoms with Gasteiger partial charge in [0.1, 0.15) is 5.75 Å². The van der Waals surface area contributed by atoms with Crippen molar-refractivity contribution < 1.29 is 9.53 Å². The van der Waals surface area contributed by atoms with Gasteiger partial charge in [-0.05, 0) is 17.7 Å². The molecule has 0 unspecified atom stereocenters. The molecule has 0 bridgehead atoms. The number of nitrogens with zero attached hydrogens (tertiary/aromatic N) is 2. The number of ether oxygens (including phenoxy) is 1. The SMILES string of the molecule is COc1ccc(CN2CCN(C(C)=O)CC2)cc1N. The lowest BCUT2D eigenvalue weighted by Gasteiger charge is -2.34. The van der Waals surface area contributed by atoms with Crippen LogP contribution in [0.1, 0.15) is 12.5 Å². The van der Waals surface area contributed by atoms with E-state index in [1.54, 1.807) is 14.0 Å². The maximum Gasteiger partial charge on any atom is 0.219 e. The van der Waals surface area contributed by atoms with Crippen LogP contribution in [0.4, 0.5) is 5.69 Å². The highest BCUT2D eigenvalue weighted by molar-refractivity contribution is 5.73. The molecule has 1 saturated heterocycles. The van der Waals surface area contributed by atoms with E-state index in [0.717, 1.165) is 32.7 Å². The Kier molecular flexibility index (Phi) is 4.27. The van der Waals surface area contributed by atoms with Crippen molar-refractivity contribution in [3.8, 4) is 5.75 Å². The summed E-state index contributed by atoms with van der Waals surface area (Å²) in [4.78, 5) is 15.5. The number of anilines is 1. The minimum Gasteiger partial charge on any atom is -0.495 e. The quantitative estimate of drug-likeness (QED) is 0.825. The predicted octanol–water partition coefficient (Wildman–Crippen LogP) is 0.942. The number of methoxy groups -OCH3 is 1. The molecule has 0 spiro atoms. The van der Waals surface area contributed by atoms with Crippen molar-refractivity contribution in [3.05, 3.63) is 23.8 Å². The number of carbonyl (C=O) groups is 1. The van der Waals surface area contributed by atoms with Crippen molar-refractivity contribution in [3.63, 3.8) is 0 Å². The van der Waals surface area contributed by atoms with Crippen molar-refractivity contribution in [2.75, 3.05) is 39.0 Å². The third kappa shape index (κ3) is 3.38. The molecule has 104 valence electrons. The van der Waals surface area contributed by atoms with E-state index in [-0.39, 0.29) is 5.91 Å². The van der Waals surface area contributed by atoms with Gasteiger partial charge in [0.05, 0.1) is 12.8 Å². The molecule has 5 nitrogen and oxygen atoms in total. The number of rotatable bonds is 3. The second kappa shape index (κ2) is 5.93. The molecule has 19 heavy (non-hydrogen) atoms.